The lowest BCUT2D eigenvalue weighted by Crippen LogP contribution is -2.25. The van der Waals surface area contributed by atoms with E-state index in [1.165, 1.54) is 18.2 Å². The summed E-state index contributed by atoms with van der Waals surface area (Å²) in [5.41, 5.74) is 0.0867. The molecule has 4 rings (SSSR count). The maximum Gasteiger partial charge on any atom is 0.586 e. The number of alkyl halides is 2. The molecule has 1 aliphatic rings. The molecule has 0 aliphatic carbocycles. The Bertz CT molecular complexity index is 1060. The van der Waals surface area contributed by atoms with Gasteiger partial charge >= 0.3 is 6.29 Å². The fourth-order valence-electron chi connectivity index (χ4n) is 2.44. The highest BCUT2D eigenvalue weighted by Crippen LogP contribution is 2.42. The van der Waals surface area contributed by atoms with Crippen molar-refractivity contribution >= 4 is 22.6 Å². The molecule has 0 bridgehead atoms. The Balaban J connectivity index is 1.62. The molecule has 0 fully saturated rings. The van der Waals surface area contributed by atoms with E-state index in [0.29, 0.717) is 5.39 Å². The van der Waals surface area contributed by atoms with E-state index in [0.717, 1.165) is 6.07 Å². The molecule has 1 aromatic heterocycles. The minimum Gasteiger partial charge on any atom is -0.451 e. The van der Waals surface area contributed by atoms with Gasteiger partial charge in [-0.05, 0) is 24.3 Å². The molecule has 0 saturated carbocycles. The molecule has 1 aliphatic heterocycles. The van der Waals surface area contributed by atoms with Gasteiger partial charge in [-0.2, -0.15) is 0 Å². The highest BCUT2D eigenvalue weighted by molar-refractivity contribution is 6.03. The van der Waals surface area contributed by atoms with Gasteiger partial charge in [-0.25, -0.2) is 0 Å². The van der Waals surface area contributed by atoms with Crippen molar-refractivity contribution in [2.75, 3.05) is 5.32 Å². The lowest BCUT2D eigenvalue weighted by molar-refractivity contribution is -0.286. The van der Waals surface area contributed by atoms with Crippen molar-refractivity contribution in [2.45, 2.75) is 6.29 Å². The monoisotopic (exact) mass is 345 g/mol. The summed E-state index contributed by atoms with van der Waals surface area (Å²) < 4.78 is 40.0. The number of carbonyl (C=O) groups excluding carboxylic acids is 1. The molecule has 1 amide bonds. The first-order valence-corrected chi connectivity index (χ1v) is 7.15. The average Bonchev–Trinajstić information content (AvgIpc) is 2.88. The van der Waals surface area contributed by atoms with E-state index in [1.54, 1.807) is 24.3 Å². The van der Waals surface area contributed by atoms with E-state index in [1.807, 2.05) is 0 Å². The summed E-state index contributed by atoms with van der Waals surface area (Å²) in [5, 5.41) is 2.81. The highest BCUT2D eigenvalue weighted by Gasteiger charge is 2.43. The Morgan fingerprint density at radius 2 is 1.76 bits per heavy atom. The second-order valence-electron chi connectivity index (χ2n) is 5.25. The Labute approximate surface area is 138 Å². The zero-order chi connectivity index (χ0) is 17.6. The molecule has 25 heavy (non-hydrogen) atoms. The topological polar surface area (TPSA) is 77.8 Å². The van der Waals surface area contributed by atoms with Crippen LogP contribution in [-0.4, -0.2) is 12.2 Å². The number of nitrogens with one attached hydrogen (secondary N) is 1. The van der Waals surface area contributed by atoms with Crippen molar-refractivity contribution < 1.29 is 27.5 Å². The fourth-order valence-corrected chi connectivity index (χ4v) is 2.44. The van der Waals surface area contributed by atoms with Crippen LogP contribution in [0.5, 0.6) is 11.5 Å². The highest BCUT2D eigenvalue weighted by atomic mass is 19.3. The van der Waals surface area contributed by atoms with Crippen LogP contribution in [0.15, 0.2) is 57.7 Å². The number of amides is 1. The smallest absolute Gasteiger partial charge is 0.451 e. The predicted octanol–water partition coefficient (Wildman–Crippen LogP) is 3.37. The zero-order valence-corrected chi connectivity index (χ0v) is 12.4. The Morgan fingerprint density at radius 1 is 1.00 bits per heavy atom. The summed E-state index contributed by atoms with van der Waals surface area (Å²) in [4.78, 5) is 24.3. The first-order valence-electron chi connectivity index (χ1n) is 7.15. The van der Waals surface area contributed by atoms with Crippen LogP contribution in [0, 0.1) is 0 Å². The molecule has 0 saturated heterocycles. The molecule has 3 aromatic rings. The average molecular weight is 345 g/mol. The summed E-state index contributed by atoms with van der Waals surface area (Å²) in [5.74, 6) is -1.25. The largest absolute Gasteiger partial charge is 0.586 e. The number of halogens is 2. The minimum absolute atomic E-state index is 0.139. The van der Waals surface area contributed by atoms with E-state index < -0.39 is 12.2 Å². The number of anilines is 1. The van der Waals surface area contributed by atoms with Crippen LogP contribution < -0.4 is 20.2 Å². The molecule has 0 spiro atoms. The number of ether oxygens (including phenoxy) is 2. The van der Waals surface area contributed by atoms with Gasteiger partial charge in [-0.1, -0.05) is 12.1 Å². The number of para-hydroxylation sites is 1. The second kappa shape index (κ2) is 5.30. The summed E-state index contributed by atoms with van der Waals surface area (Å²) >= 11 is 0. The van der Waals surface area contributed by atoms with Crippen LogP contribution in [-0.2, 0) is 0 Å². The van der Waals surface area contributed by atoms with Gasteiger partial charge in [0.15, 0.2) is 22.7 Å². The predicted molar refractivity (Wildman–Crippen MR) is 83.1 cm³/mol. The molecular formula is C17H9F2NO5. The van der Waals surface area contributed by atoms with Crippen LogP contribution in [0.4, 0.5) is 14.5 Å². The van der Waals surface area contributed by atoms with Gasteiger partial charge in [-0.3, -0.25) is 9.59 Å². The van der Waals surface area contributed by atoms with Crippen molar-refractivity contribution in [1.82, 2.24) is 0 Å². The Morgan fingerprint density at radius 3 is 2.60 bits per heavy atom. The van der Waals surface area contributed by atoms with Gasteiger partial charge in [0.25, 0.3) is 5.91 Å². The lowest BCUT2D eigenvalue weighted by atomic mass is 10.2. The van der Waals surface area contributed by atoms with E-state index >= 15 is 0 Å². The third-order valence-electron chi connectivity index (χ3n) is 3.52. The number of hydrogen-bond acceptors (Lipinski definition) is 5. The Hall–Kier alpha value is -3.42. The molecule has 0 radical (unpaired) electrons. The molecule has 1 N–H and O–H groups in total. The molecule has 2 heterocycles. The number of carbonyl (C=O) groups is 1. The van der Waals surface area contributed by atoms with E-state index in [2.05, 4.69) is 14.8 Å². The van der Waals surface area contributed by atoms with Crippen LogP contribution in [0.1, 0.15) is 10.6 Å². The SMILES string of the molecule is O=C(Nc1ccc2c(c1)OC(F)(F)O2)c1cc(=O)c2ccccc2o1. The molecule has 2 aromatic carbocycles. The van der Waals surface area contributed by atoms with Gasteiger partial charge in [0.1, 0.15) is 5.58 Å². The standard InChI is InChI=1S/C17H9F2NO5/c18-17(19)24-13-6-5-9(7-14(13)25-17)20-16(22)15-8-11(21)10-3-1-2-4-12(10)23-15/h1-8H,(H,20,22). The van der Waals surface area contributed by atoms with Gasteiger partial charge in [0, 0.05) is 17.8 Å². The third kappa shape index (κ3) is 2.78. The normalized spacial score (nSPS) is 14.5. The van der Waals surface area contributed by atoms with Crippen LogP contribution in [0.3, 0.4) is 0 Å². The van der Waals surface area contributed by atoms with Crippen molar-refractivity contribution in [3.63, 3.8) is 0 Å². The maximum atomic E-state index is 13.0. The molecular weight excluding hydrogens is 336 g/mol. The zero-order valence-electron chi connectivity index (χ0n) is 12.4. The molecule has 6 nitrogen and oxygen atoms in total. The summed E-state index contributed by atoms with van der Waals surface area (Å²) in [6, 6.07) is 11.4. The van der Waals surface area contributed by atoms with Gasteiger partial charge < -0.3 is 19.2 Å². The van der Waals surface area contributed by atoms with Crippen LogP contribution in [0.25, 0.3) is 11.0 Å². The quantitative estimate of drug-likeness (QED) is 0.770. The van der Waals surface area contributed by atoms with Gasteiger partial charge in [0.2, 0.25) is 0 Å². The van der Waals surface area contributed by atoms with E-state index in [4.69, 9.17) is 4.42 Å². The molecule has 0 atom stereocenters. The molecule has 126 valence electrons. The summed E-state index contributed by atoms with van der Waals surface area (Å²) in [6.07, 6.45) is -3.74. The number of hydrogen-bond donors (Lipinski definition) is 1. The van der Waals surface area contributed by atoms with Gasteiger partial charge in [-0.15, -0.1) is 8.78 Å². The second-order valence-corrected chi connectivity index (χ2v) is 5.25. The number of rotatable bonds is 2. The fraction of sp³-hybridized carbons (Fsp3) is 0.0588. The first-order chi connectivity index (χ1) is 11.9. The summed E-state index contributed by atoms with van der Waals surface area (Å²) in [7, 11) is 0. The van der Waals surface area contributed by atoms with Crippen molar-refractivity contribution in [3.05, 3.63) is 64.5 Å². The summed E-state index contributed by atoms with van der Waals surface area (Å²) in [6.45, 7) is 0. The molecule has 8 heteroatoms. The number of fused-ring (bicyclic) bond motifs is 2. The van der Waals surface area contributed by atoms with Crippen LogP contribution in [0.2, 0.25) is 0 Å². The number of benzene rings is 2. The van der Waals surface area contributed by atoms with Crippen molar-refractivity contribution in [2.24, 2.45) is 0 Å². The van der Waals surface area contributed by atoms with E-state index in [-0.39, 0.29) is 34.0 Å². The van der Waals surface area contributed by atoms with Crippen LogP contribution >= 0.6 is 0 Å². The minimum atomic E-state index is -3.74. The third-order valence-corrected chi connectivity index (χ3v) is 3.52. The first kappa shape index (κ1) is 15.1. The Kier molecular flexibility index (Phi) is 3.21. The molecule has 0 unspecified atom stereocenters. The van der Waals surface area contributed by atoms with Crippen molar-refractivity contribution in [1.29, 1.82) is 0 Å². The van der Waals surface area contributed by atoms with Crippen molar-refractivity contribution in [3.8, 4) is 11.5 Å². The maximum absolute atomic E-state index is 13.0. The van der Waals surface area contributed by atoms with Gasteiger partial charge in [0.05, 0.1) is 5.39 Å². The van der Waals surface area contributed by atoms with E-state index in [9.17, 15) is 18.4 Å². The lowest BCUT2D eigenvalue weighted by Gasteiger charge is -2.06.